The number of unbranched alkanes of at least 4 members (excludes halogenated alkanes) is 1. The molecule has 168 valence electrons. The van der Waals surface area contributed by atoms with Gasteiger partial charge in [0.05, 0.1) is 0 Å². The van der Waals surface area contributed by atoms with Crippen LogP contribution in [0.5, 0.6) is 0 Å². The van der Waals surface area contributed by atoms with Gasteiger partial charge in [0.25, 0.3) is 0 Å². The van der Waals surface area contributed by atoms with Gasteiger partial charge in [0.1, 0.15) is 6.29 Å². The maximum Gasteiger partial charge on any atom is 0.224 e. The van der Waals surface area contributed by atoms with Crippen molar-refractivity contribution in [3.63, 3.8) is 0 Å². The fourth-order valence-electron chi connectivity index (χ4n) is 4.16. The predicted octanol–water partition coefficient (Wildman–Crippen LogP) is 7.05. The highest BCUT2D eigenvalue weighted by Gasteiger charge is 2.11. The molecule has 4 rings (SSSR count). The lowest BCUT2D eigenvalue weighted by Gasteiger charge is -2.09. The summed E-state index contributed by atoms with van der Waals surface area (Å²) in [5, 5.41) is 4.13. The summed E-state index contributed by atoms with van der Waals surface area (Å²) in [5.74, 6) is 0.516. The van der Waals surface area contributed by atoms with E-state index >= 15 is 0 Å². The molecular formula is C29H30N2O2. The highest BCUT2D eigenvalue weighted by atomic mass is 16.1. The Morgan fingerprint density at radius 3 is 2.42 bits per heavy atom. The average molecular weight is 439 g/mol. The molecule has 1 heterocycles. The van der Waals surface area contributed by atoms with Crippen molar-refractivity contribution in [1.29, 1.82) is 0 Å². The number of hydrogen-bond donors (Lipinski definition) is 1. The molecule has 0 aliphatic carbocycles. The van der Waals surface area contributed by atoms with Gasteiger partial charge in [0.2, 0.25) is 5.91 Å². The molecule has 4 aromatic rings. The Labute approximate surface area is 195 Å². The van der Waals surface area contributed by atoms with Crippen molar-refractivity contribution in [2.75, 3.05) is 5.32 Å². The van der Waals surface area contributed by atoms with Gasteiger partial charge in [-0.25, -0.2) is 0 Å². The lowest BCUT2D eigenvalue weighted by molar-refractivity contribution is -0.116. The number of nitrogens with one attached hydrogen (secondary N) is 1. The molecular weight excluding hydrogens is 408 g/mol. The van der Waals surface area contributed by atoms with Crippen LogP contribution in [0.2, 0.25) is 0 Å². The van der Waals surface area contributed by atoms with Crippen LogP contribution in [-0.4, -0.2) is 16.8 Å². The summed E-state index contributed by atoms with van der Waals surface area (Å²) in [6.45, 7) is 5.11. The summed E-state index contributed by atoms with van der Waals surface area (Å²) in [4.78, 5) is 23.7. The Balaban J connectivity index is 1.39. The van der Waals surface area contributed by atoms with E-state index < -0.39 is 0 Å². The third-order valence-corrected chi connectivity index (χ3v) is 6.04. The van der Waals surface area contributed by atoms with E-state index in [-0.39, 0.29) is 5.91 Å². The predicted molar refractivity (Wildman–Crippen MR) is 136 cm³/mol. The van der Waals surface area contributed by atoms with Crippen LogP contribution in [-0.2, 0) is 11.3 Å². The van der Waals surface area contributed by atoms with Crippen molar-refractivity contribution in [2.24, 2.45) is 0 Å². The maximum absolute atomic E-state index is 12.4. The highest BCUT2D eigenvalue weighted by Crippen LogP contribution is 2.31. The van der Waals surface area contributed by atoms with Crippen molar-refractivity contribution in [1.82, 2.24) is 4.57 Å². The second kappa shape index (κ2) is 10.3. The lowest BCUT2D eigenvalue weighted by Crippen LogP contribution is -2.11. The van der Waals surface area contributed by atoms with Gasteiger partial charge in [0, 0.05) is 46.9 Å². The lowest BCUT2D eigenvalue weighted by atomic mass is 10.0. The van der Waals surface area contributed by atoms with Crippen molar-refractivity contribution in [2.45, 2.75) is 45.6 Å². The number of hydrogen-bond acceptors (Lipinski definition) is 2. The zero-order chi connectivity index (χ0) is 23.2. The number of aryl methyl sites for hydroxylation is 1. The van der Waals surface area contributed by atoms with E-state index in [9.17, 15) is 9.59 Å². The summed E-state index contributed by atoms with van der Waals surface area (Å²) in [6, 6.07) is 24.2. The van der Waals surface area contributed by atoms with Crippen molar-refractivity contribution >= 4 is 28.8 Å². The Bertz CT molecular complexity index is 1240. The van der Waals surface area contributed by atoms with E-state index in [1.54, 1.807) is 0 Å². The molecule has 1 amide bonds. The third-order valence-electron chi connectivity index (χ3n) is 6.04. The molecule has 0 radical (unpaired) electrons. The zero-order valence-electron chi connectivity index (χ0n) is 19.3. The van der Waals surface area contributed by atoms with Crippen LogP contribution in [0, 0.1) is 0 Å². The van der Waals surface area contributed by atoms with Crippen LogP contribution in [0.1, 0.15) is 54.9 Å². The minimum atomic E-state index is 0.0397. The number of fused-ring (bicyclic) bond motifs is 1. The van der Waals surface area contributed by atoms with Crippen molar-refractivity contribution in [3.05, 3.63) is 90.1 Å². The van der Waals surface area contributed by atoms with E-state index in [0.717, 1.165) is 53.4 Å². The number of carbonyl (C=O) groups is 2. The summed E-state index contributed by atoms with van der Waals surface area (Å²) in [7, 11) is 0. The second-order valence-electron chi connectivity index (χ2n) is 8.78. The Morgan fingerprint density at radius 2 is 1.73 bits per heavy atom. The molecule has 0 spiro atoms. The van der Waals surface area contributed by atoms with Gasteiger partial charge in [-0.05, 0) is 48.1 Å². The standard InChI is InChI=1S/C29H30N2O2/c1-21(2)23-12-14-25(15-13-23)30-29(33)10-6-7-17-31-19-27(24-8-4-3-5-9-24)26-16-11-22(20-32)18-28(26)31/h3-5,8-9,11-16,18-21H,6-7,10,17H2,1-2H3,(H,30,33). The fraction of sp³-hybridized carbons (Fsp3) is 0.241. The first-order valence-corrected chi connectivity index (χ1v) is 11.6. The normalized spacial score (nSPS) is 11.1. The number of carbonyl (C=O) groups excluding carboxylic acids is 2. The summed E-state index contributed by atoms with van der Waals surface area (Å²) in [6.07, 6.45) is 5.20. The SMILES string of the molecule is CC(C)c1ccc(NC(=O)CCCCn2cc(-c3ccccc3)c3ccc(C=O)cc32)cc1. The molecule has 1 N–H and O–H groups in total. The smallest absolute Gasteiger partial charge is 0.224 e. The summed E-state index contributed by atoms with van der Waals surface area (Å²) >= 11 is 0. The molecule has 0 aliphatic rings. The number of rotatable bonds is 9. The van der Waals surface area contributed by atoms with Crippen molar-refractivity contribution in [3.8, 4) is 11.1 Å². The number of benzene rings is 3. The molecule has 0 fully saturated rings. The molecule has 0 unspecified atom stereocenters. The van der Waals surface area contributed by atoms with E-state index in [0.29, 0.717) is 17.9 Å². The minimum absolute atomic E-state index is 0.0397. The first-order valence-electron chi connectivity index (χ1n) is 11.6. The number of anilines is 1. The first-order chi connectivity index (χ1) is 16.0. The molecule has 33 heavy (non-hydrogen) atoms. The Kier molecular flexibility index (Phi) is 7.04. The Hall–Kier alpha value is -3.66. The summed E-state index contributed by atoms with van der Waals surface area (Å²) < 4.78 is 2.20. The van der Waals surface area contributed by atoms with Crippen LogP contribution in [0.4, 0.5) is 5.69 Å². The first kappa shape index (κ1) is 22.5. The average Bonchev–Trinajstić information content (AvgIpc) is 3.20. The van der Waals surface area contributed by atoms with Crippen LogP contribution < -0.4 is 5.32 Å². The highest BCUT2D eigenvalue weighted by molar-refractivity contribution is 5.98. The molecule has 0 atom stereocenters. The van der Waals surface area contributed by atoms with Crippen LogP contribution in [0.25, 0.3) is 22.0 Å². The minimum Gasteiger partial charge on any atom is -0.347 e. The molecule has 4 nitrogen and oxygen atoms in total. The number of aromatic nitrogens is 1. The molecule has 1 aromatic heterocycles. The topological polar surface area (TPSA) is 51.1 Å². The molecule has 0 saturated carbocycles. The van der Waals surface area contributed by atoms with Gasteiger partial charge in [-0.3, -0.25) is 9.59 Å². The van der Waals surface area contributed by atoms with E-state index in [4.69, 9.17) is 0 Å². The fourth-order valence-corrected chi connectivity index (χ4v) is 4.16. The third kappa shape index (κ3) is 5.40. The molecule has 0 saturated heterocycles. The van der Waals surface area contributed by atoms with E-state index in [2.05, 4.69) is 54.2 Å². The quantitative estimate of drug-likeness (QED) is 0.225. The number of nitrogens with zero attached hydrogens (tertiary/aromatic N) is 1. The van der Waals surface area contributed by atoms with Crippen LogP contribution >= 0.6 is 0 Å². The zero-order valence-corrected chi connectivity index (χ0v) is 19.3. The molecule has 0 bridgehead atoms. The second-order valence-corrected chi connectivity index (χ2v) is 8.78. The molecule has 0 aliphatic heterocycles. The van der Waals surface area contributed by atoms with Gasteiger partial charge in [-0.1, -0.05) is 68.4 Å². The van der Waals surface area contributed by atoms with Gasteiger partial charge >= 0.3 is 0 Å². The van der Waals surface area contributed by atoms with Gasteiger partial charge in [-0.2, -0.15) is 0 Å². The Morgan fingerprint density at radius 1 is 0.970 bits per heavy atom. The molecule has 4 heteroatoms. The van der Waals surface area contributed by atoms with Gasteiger partial charge in [-0.15, -0.1) is 0 Å². The summed E-state index contributed by atoms with van der Waals surface area (Å²) in [5.41, 5.74) is 6.14. The van der Waals surface area contributed by atoms with E-state index in [1.807, 2.05) is 48.5 Å². The number of aldehydes is 1. The van der Waals surface area contributed by atoms with Crippen LogP contribution in [0.3, 0.4) is 0 Å². The van der Waals surface area contributed by atoms with Crippen molar-refractivity contribution < 1.29 is 9.59 Å². The van der Waals surface area contributed by atoms with E-state index in [1.165, 1.54) is 5.56 Å². The maximum atomic E-state index is 12.4. The largest absolute Gasteiger partial charge is 0.347 e. The monoisotopic (exact) mass is 438 g/mol. The van der Waals surface area contributed by atoms with Crippen LogP contribution in [0.15, 0.2) is 79.0 Å². The number of amides is 1. The van der Waals surface area contributed by atoms with Gasteiger partial charge < -0.3 is 9.88 Å². The van der Waals surface area contributed by atoms with Gasteiger partial charge in [0.15, 0.2) is 0 Å². The molecule has 3 aromatic carbocycles.